The van der Waals surface area contributed by atoms with E-state index in [1.54, 1.807) is 24.3 Å². The molecule has 0 aliphatic carbocycles. The van der Waals surface area contributed by atoms with Crippen LogP contribution in [0.3, 0.4) is 0 Å². The molecule has 1 heterocycles. The summed E-state index contributed by atoms with van der Waals surface area (Å²) in [5, 5.41) is 8.48. The molecule has 0 amide bonds. The first-order valence-electron chi connectivity index (χ1n) is 4.07. The molecule has 0 bridgehead atoms. The number of nitrogens with one attached hydrogen (secondary N) is 1. The van der Waals surface area contributed by atoms with Crippen LogP contribution in [-0.2, 0) is 11.2 Å². The molecule has 2 N–H and O–H groups in total. The summed E-state index contributed by atoms with van der Waals surface area (Å²) >= 11 is 0. The van der Waals surface area contributed by atoms with Gasteiger partial charge in [-0.2, -0.15) is 0 Å². The van der Waals surface area contributed by atoms with Gasteiger partial charge in [-0.05, 0) is 7.05 Å². The number of carbonyl (C=O) groups is 1. The Morgan fingerprint density at radius 3 is 3.08 bits per heavy atom. The highest BCUT2D eigenvalue weighted by Crippen LogP contribution is 1.92. The van der Waals surface area contributed by atoms with E-state index in [-0.39, 0.29) is 6.54 Å². The molecule has 0 saturated carbocycles. The summed E-state index contributed by atoms with van der Waals surface area (Å²) in [7, 11) is 1.77. The van der Waals surface area contributed by atoms with Crippen LogP contribution in [0.15, 0.2) is 12.4 Å². The average Bonchev–Trinajstić information content (AvgIpc) is 2.51. The van der Waals surface area contributed by atoms with Gasteiger partial charge in [-0.1, -0.05) is 0 Å². The molecule has 1 rings (SSSR count). The molecule has 0 unspecified atom stereocenters. The Balaban J connectivity index is 2.22. The first kappa shape index (κ1) is 9.73. The number of carboxylic acids is 1. The lowest BCUT2D eigenvalue weighted by Crippen LogP contribution is -2.27. The van der Waals surface area contributed by atoms with Crippen molar-refractivity contribution in [3.63, 3.8) is 0 Å². The fourth-order valence-corrected chi connectivity index (χ4v) is 1.04. The molecule has 5 heteroatoms. The maximum absolute atomic E-state index is 10.3. The smallest absolute Gasteiger partial charge is 0.317 e. The van der Waals surface area contributed by atoms with E-state index in [9.17, 15) is 4.79 Å². The molecule has 0 aliphatic rings. The zero-order chi connectivity index (χ0) is 9.68. The summed E-state index contributed by atoms with van der Waals surface area (Å²) in [5.74, 6) is 0.0826. The Morgan fingerprint density at radius 2 is 2.54 bits per heavy atom. The SMILES string of the molecule is CN(CCc1ncc[nH]1)CC(=O)O. The normalized spacial score (nSPS) is 10.6. The number of likely N-dealkylation sites (N-methyl/N-ethyl adjacent to an activating group) is 1. The van der Waals surface area contributed by atoms with Gasteiger partial charge < -0.3 is 10.1 Å². The van der Waals surface area contributed by atoms with Crippen LogP contribution in [-0.4, -0.2) is 46.1 Å². The van der Waals surface area contributed by atoms with Gasteiger partial charge in [0.15, 0.2) is 0 Å². The van der Waals surface area contributed by atoms with Crippen molar-refractivity contribution in [2.75, 3.05) is 20.1 Å². The number of imidazole rings is 1. The van der Waals surface area contributed by atoms with Crippen molar-refractivity contribution >= 4 is 5.97 Å². The van der Waals surface area contributed by atoms with Crippen LogP contribution in [0, 0.1) is 0 Å². The second-order valence-corrected chi connectivity index (χ2v) is 2.92. The minimum atomic E-state index is -0.804. The van der Waals surface area contributed by atoms with E-state index in [1.165, 1.54) is 0 Å². The second kappa shape index (κ2) is 4.61. The van der Waals surface area contributed by atoms with E-state index in [2.05, 4.69) is 9.97 Å². The fraction of sp³-hybridized carbons (Fsp3) is 0.500. The molecule has 5 nitrogen and oxygen atoms in total. The predicted octanol–water partition coefficient (Wildman–Crippen LogP) is -0.0314. The lowest BCUT2D eigenvalue weighted by Gasteiger charge is -2.11. The van der Waals surface area contributed by atoms with Crippen molar-refractivity contribution in [3.05, 3.63) is 18.2 Å². The molecule has 0 saturated heterocycles. The Kier molecular flexibility index (Phi) is 3.45. The Bertz CT molecular complexity index is 258. The standard InChI is InChI=1S/C8H13N3O2/c1-11(6-8(12)13)5-2-7-9-3-4-10-7/h3-4H,2,5-6H2,1H3,(H,9,10)(H,12,13). The number of carboxylic acid groups (broad SMARTS) is 1. The van der Waals surface area contributed by atoms with Crippen molar-refractivity contribution in [3.8, 4) is 0 Å². The lowest BCUT2D eigenvalue weighted by molar-refractivity contribution is -0.137. The zero-order valence-electron chi connectivity index (χ0n) is 7.53. The van der Waals surface area contributed by atoms with Gasteiger partial charge in [0, 0.05) is 25.4 Å². The van der Waals surface area contributed by atoms with Crippen LogP contribution < -0.4 is 0 Å². The highest BCUT2D eigenvalue weighted by atomic mass is 16.4. The molecule has 0 aromatic carbocycles. The minimum Gasteiger partial charge on any atom is -0.480 e. The Labute approximate surface area is 76.4 Å². The molecule has 13 heavy (non-hydrogen) atoms. The van der Waals surface area contributed by atoms with Crippen molar-refractivity contribution in [1.29, 1.82) is 0 Å². The van der Waals surface area contributed by atoms with Crippen LogP contribution >= 0.6 is 0 Å². The molecule has 0 atom stereocenters. The number of aliphatic carboxylic acids is 1. The van der Waals surface area contributed by atoms with Gasteiger partial charge in [0.1, 0.15) is 5.82 Å². The molecule has 0 aliphatic heterocycles. The maximum Gasteiger partial charge on any atom is 0.317 e. The van der Waals surface area contributed by atoms with Gasteiger partial charge in [0.25, 0.3) is 0 Å². The number of aromatic amines is 1. The van der Waals surface area contributed by atoms with E-state index in [1.807, 2.05) is 0 Å². The third kappa shape index (κ3) is 3.71. The summed E-state index contributed by atoms with van der Waals surface area (Å²) in [4.78, 5) is 19.0. The first-order chi connectivity index (χ1) is 6.18. The summed E-state index contributed by atoms with van der Waals surface area (Å²) in [6.45, 7) is 0.764. The number of hydrogen-bond donors (Lipinski definition) is 2. The highest BCUT2D eigenvalue weighted by molar-refractivity contribution is 5.68. The fourth-order valence-electron chi connectivity index (χ4n) is 1.04. The van der Waals surface area contributed by atoms with E-state index in [0.717, 1.165) is 12.2 Å². The van der Waals surface area contributed by atoms with E-state index < -0.39 is 5.97 Å². The van der Waals surface area contributed by atoms with Crippen molar-refractivity contribution in [2.45, 2.75) is 6.42 Å². The molecular weight excluding hydrogens is 170 g/mol. The van der Waals surface area contributed by atoms with Gasteiger partial charge in [-0.15, -0.1) is 0 Å². The molecule has 1 aromatic heterocycles. The van der Waals surface area contributed by atoms with Gasteiger partial charge in [0.2, 0.25) is 0 Å². The third-order valence-corrected chi connectivity index (χ3v) is 1.69. The number of rotatable bonds is 5. The summed E-state index contributed by atoms with van der Waals surface area (Å²) in [6.07, 6.45) is 4.19. The quantitative estimate of drug-likeness (QED) is 0.672. The van der Waals surface area contributed by atoms with Crippen LogP contribution in [0.1, 0.15) is 5.82 Å². The predicted molar refractivity (Wildman–Crippen MR) is 47.4 cm³/mol. The van der Waals surface area contributed by atoms with Crippen LogP contribution in [0.4, 0.5) is 0 Å². The topological polar surface area (TPSA) is 69.2 Å². The monoisotopic (exact) mass is 183 g/mol. The lowest BCUT2D eigenvalue weighted by atomic mass is 10.4. The highest BCUT2D eigenvalue weighted by Gasteiger charge is 2.04. The maximum atomic E-state index is 10.3. The summed E-state index contributed by atoms with van der Waals surface area (Å²) in [6, 6.07) is 0. The molecular formula is C8H13N3O2. The van der Waals surface area contributed by atoms with Gasteiger partial charge in [0.05, 0.1) is 6.54 Å². The number of hydrogen-bond acceptors (Lipinski definition) is 3. The third-order valence-electron chi connectivity index (χ3n) is 1.69. The number of aromatic nitrogens is 2. The van der Waals surface area contributed by atoms with Crippen molar-refractivity contribution in [2.24, 2.45) is 0 Å². The van der Waals surface area contributed by atoms with Crippen LogP contribution in [0.5, 0.6) is 0 Å². The zero-order valence-corrected chi connectivity index (χ0v) is 7.53. The van der Waals surface area contributed by atoms with Crippen LogP contribution in [0.25, 0.3) is 0 Å². The van der Waals surface area contributed by atoms with Crippen molar-refractivity contribution in [1.82, 2.24) is 14.9 Å². The van der Waals surface area contributed by atoms with Gasteiger partial charge in [-0.25, -0.2) is 4.98 Å². The van der Waals surface area contributed by atoms with Gasteiger partial charge in [-0.3, -0.25) is 9.69 Å². The molecule has 0 radical (unpaired) electrons. The first-order valence-corrected chi connectivity index (χ1v) is 4.07. The summed E-state index contributed by atoms with van der Waals surface area (Å²) in [5.41, 5.74) is 0. The minimum absolute atomic E-state index is 0.0701. The van der Waals surface area contributed by atoms with Crippen LogP contribution in [0.2, 0.25) is 0 Å². The van der Waals surface area contributed by atoms with E-state index >= 15 is 0 Å². The Morgan fingerprint density at radius 1 is 1.77 bits per heavy atom. The molecule has 1 aromatic rings. The molecule has 0 fully saturated rings. The molecule has 0 spiro atoms. The number of nitrogens with zero attached hydrogens (tertiary/aromatic N) is 2. The van der Waals surface area contributed by atoms with Gasteiger partial charge >= 0.3 is 5.97 Å². The second-order valence-electron chi connectivity index (χ2n) is 2.92. The Hall–Kier alpha value is -1.36. The molecule has 72 valence electrons. The average molecular weight is 183 g/mol. The summed E-state index contributed by atoms with van der Waals surface area (Å²) < 4.78 is 0. The van der Waals surface area contributed by atoms with E-state index in [4.69, 9.17) is 5.11 Å². The van der Waals surface area contributed by atoms with E-state index in [0.29, 0.717) is 6.54 Å². The largest absolute Gasteiger partial charge is 0.480 e. The van der Waals surface area contributed by atoms with Crippen molar-refractivity contribution < 1.29 is 9.90 Å². The number of H-pyrrole nitrogens is 1.